The standard InChI is InChI=1S/C17H15F3N2O3S/c1-24-15-10-13(25-17(18,19)20)5-6-14(15)16-21(8-9-26-16)11-12-4-2-3-7-22(12)23/h2-10,16H,11H2,1H3. The molecule has 5 nitrogen and oxygen atoms in total. The Kier molecular flexibility index (Phi) is 5.17. The van der Waals surface area contributed by atoms with E-state index in [-0.39, 0.29) is 16.9 Å². The van der Waals surface area contributed by atoms with Crippen LogP contribution in [0.5, 0.6) is 11.5 Å². The molecule has 138 valence electrons. The second-order valence-electron chi connectivity index (χ2n) is 5.42. The summed E-state index contributed by atoms with van der Waals surface area (Å²) in [6.07, 6.45) is -1.51. The van der Waals surface area contributed by atoms with Crippen molar-refractivity contribution in [2.24, 2.45) is 0 Å². The minimum absolute atomic E-state index is 0.231. The molecule has 1 aromatic heterocycles. The van der Waals surface area contributed by atoms with Crippen molar-refractivity contribution in [2.45, 2.75) is 18.3 Å². The van der Waals surface area contributed by atoms with Crippen molar-refractivity contribution in [3.8, 4) is 11.5 Å². The van der Waals surface area contributed by atoms with Crippen molar-refractivity contribution in [3.05, 3.63) is 70.7 Å². The summed E-state index contributed by atoms with van der Waals surface area (Å²) >= 11 is 1.47. The average Bonchev–Trinajstić information content (AvgIpc) is 3.03. The third-order valence-corrected chi connectivity index (χ3v) is 4.78. The Hall–Kier alpha value is -2.55. The summed E-state index contributed by atoms with van der Waals surface area (Å²) in [5, 5.41) is 13.5. The number of hydrogen-bond donors (Lipinski definition) is 0. The van der Waals surface area contributed by atoms with Crippen LogP contribution in [0.25, 0.3) is 0 Å². The number of pyridine rings is 1. The molecule has 0 radical (unpaired) electrons. The molecule has 1 unspecified atom stereocenters. The average molecular weight is 384 g/mol. The molecule has 2 heterocycles. The zero-order valence-corrected chi connectivity index (χ0v) is 14.5. The molecular weight excluding hydrogens is 369 g/mol. The van der Waals surface area contributed by atoms with E-state index in [0.29, 0.717) is 17.8 Å². The lowest BCUT2D eigenvalue weighted by Gasteiger charge is -2.26. The molecule has 0 saturated carbocycles. The van der Waals surface area contributed by atoms with Crippen LogP contribution < -0.4 is 14.2 Å². The number of alkyl halides is 3. The molecule has 26 heavy (non-hydrogen) atoms. The summed E-state index contributed by atoms with van der Waals surface area (Å²) in [6.45, 7) is 0.350. The lowest BCUT2D eigenvalue weighted by Crippen LogP contribution is -2.34. The molecule has 3 rings (SSSR count). The van der Waals surface area contributed by atoms with Crippen LogP contribution in [0.1, 0.15) is 16.6 Å². The predicted octanol–water partition coefficient (Wildman–Crippen LogP) is 3.95. The van der Waals surface area contributed by atoms with Crippen molar-refractivity contribution in [3.63, 3.8) is 0 Å². The second-order valence-corrected chi connectivity index (χ2v) is 6.41. The molecule has 0 bridgehead atoms. The highest BCUT2D eigenvalue weighted by Crippen LogP contribution is 2.44. The molecule has 1 aromatic carbocycles. The largest absolute Gasteiger partial charge is 0.618 e. The van der Waals surface area contributed by atoms with Crippen LogP contribution in [0.4, 0.5) is 13.2 Å². The number of ether oxygens (including phenoxy) is 2. The van der Waals surface area contributed by atoms with Crippen molar-refractivity contribution >= 4 is 11.8 Å². The first-order chi connectivity index (χ1) is 12.4. The zero-order chi connectivity index (χ0) is 18.7. The number of aromatic nitrogens is 1. The van der Waals surface area contributed by atoms with Gasteiger partial charge in [-0.15, -0.1) is 24.9 Å². The maximum Gasteiger partial charge on any atom is 0.573 e. The van der Waals surface area contributed by atoms with E-state index in [1.54, 1.807) is 18.2 Å². The highest BCUT2D eigenvalue weighted by molar-refractivity contribution is 8.02. The summed E-state index contributed by atoms with van der Waals surface area (Å²) in [5.41, 5.74) is 1.24. The van der Waals surface area contributed by atoms with Gasteiger partial charge in [-0.2, -0.15) is 4.73 Å². The van der Waals surface area contributed by atoms with Gasteiger partial charge in [-0.1, -0.05) is 0 Å². The monoisotopic (exact) mass is 384 g/mol. The number of rotatable bonds is 5. The fourth-order valence-electron chi connectivity index (χ4n) is 2.60. The van der Waals surface area contributed by atoms with Crippen LogP contribution in [0, 0.1) is 5.21 Å². The van der Waals surface area contributed by atoms with Gasteiger partial charge in [-0.25, -0.2) is 0 Å². The molecular formula is C17H15F3N2O3S. The summed E-state index contributed by atoms with van der Waals surface area (Å²) in [7, 11) is 1.39. The van der Waals surface area contributed by atoms with Gasteiger partial charge in [-0.3, -0.25) is 0 Å². The molecule has 0 aliphatic carbocycles. The topological polar surface area (TPSA) is 48.6 Å². The van der Waals surface area contributed by atoms with Crippen LogP contribution in [0.15, 0.2) is 54.2 Å². The van der Waals surface area contributed by atoms with E-state index in [9.17, 15) is 18.4 Å². The minimum Gasteiger partial charge on any atom is -0.618 e. The SMILES string of the molecule is COc1cc(OC(F)(F)F)ccc1C1SC=CN1Cc1cccc[n+]1[O-]. The first-order valence-electron chi connectivity index (χ1n) is 7.56. The van der Waals surface area contributed by atoms with E-state index in [1.165, 1.54) is 43.3 Å². The van der Waals surface area contributed by atoms with E-state index in [4.69, 9.17) is 4.74 Å². The van der Waals surface area contributed by atoms with Gasteiger partial charge in [0.25, 0.3) is 0 Å². The maximum atomic E-state index is 12.4. The van der Waals surface area contributed by atoms with Gasteiger partial charge in [0, 0.05) is 30.0 Å². The number of methoxy groups -OCH3 is 1. The number of nitrogens with zero attached hydrogens (tertiary/aromatic N) is 2. The lowest BCUT2D eigenvalue weighted by molar-refractivity contribution is -0.615. The van der Waals surface area contributed by atoms with Gasteiger partial charge in [0.2, 0.25) is 5.69 Å². The molecule has 0 spiro atoms. The molecule has 9 heteroatoms. The summed E-state index contributed by atoms with van der Waals surface area (Å²) in [5.74, 6) is -0.0675. The smallest absolute Gasteiger partial charge is 0.573 e. The quantitative estimate of drug-likeness (QED) is 0.577. The Labute approximate surface area is 152 Å². The Morgan fingerprint density at radius 1 is 1.27 bits per heavy atom. The summed E-state index contributed by atoms with van der Waals surface area (Å²) < 4.78 is 47.2. The fraction of sp³-hybridized carbons (Fsp3) is 0.235. The van der Waals surface area contributed by atoms with Crippen LogP contribution in [-0.2, 0) is 6.54 Å². The molecule has 0 saturated heterocycles. The van der Waals surface area contributed by atoms with Crippen LogP contribution >= 0.6 is 11.8 Å². The second kappa shape index (κ2) is 7.36. The minimum atomic E-state index is -4.77. The van der Waals surface area contributed by atoms with Gasteiger partial charge < -0.3 is 19.6 Å². The third-order valence-electron chi connectivity index (χ3n) is 3.71. The predicted molar refractivity (Wildman–Crippen MR) is 90.1 cm³/mol. The van der Waals surface area contributed by atoms with Gasteiger partial charge in [0.1, 0.15) is 23.4 Å². The fourth-order valence-corrected chi connectivity index (χ4v) is 3.62. The van der Waals surface area contributed by atoms with Crippen molar-refractivity contribution < 1.29 is 27.4 Å². The van der Waals surface area contributed by atoms with E-state index in [0.717, 1.165) is 4.73 Å². The number of hydrogen-bond acceptors (Lipinski definition) is 5. The molecule has 0 fully saturated rings. The first-order valence-corrected chi connectivity index (χ1v) is 8.50. The van der Waals surface area contributed by atoms with Gasteiger partial charge >= 0.3 is 6.36 Å². The highest BCUT2D eigenvalue weighted by atomic mass is 32.2. The molecule has 0 N–H and O–H groups in total. The van der Waals surface area contributed by atoms with E-state index < -0.39 is 6.36 Å². The van der Waals surface area contributed by atoms with Crippen molar-refractivity contribution in [1.29, 1.82) is 0 Å². The Morgan fingerprint density at radius 3 is 2.77 bits per heavy atom. The molecule has 1 atom stereocenters. The first kappa shape index (κ1) is 18.2. The van der Waals surface area contributed by atoms with Gasteiger partial charge in [-0.05, 0) is 23.6 Å². The summed E-state index contributed by atoms with van der Waals surface area (Å²) in [4.78, 5) is 1.91. The van der Waals surface area contributed by atoms with E-state index in [2.05, 4.69) is 4.74 Å². The third kappa shape index (κ3) is 4.16. The maximum absolute atomic E-state index is 12.4. The molecule has 0 amide bonds. The van der Waals surface area contributed by atoms with Gasteiger partial charge in [0.15, 0.2) is 6.20 Å². The van der Waals surface area contributed by atoms with Crippen molar-refractivity contribution in [2.75, 3.05) is 7.11 Å². The van der Waals surface area contributed by atoms with E-state index in [1.807, 2.05) is 16.5 Å². The van der Waals surface area contributed by atoms with Gasteiger partial charge in [0.05, 0.1) is 7.11 Å². The molecule has 2 aromatic rings. The molecule has 1 aliphatic rings. The number of benzene rings is 1. The summed E-state index contributed by atoms with van der Waals surface area (Å²) in [6, 6.07) is 9.13. The van der Waals surface area contributed by atoms with Crippen LogP contribution in [0.2, 0.25) is 0 Å². The van der Waals surface area contributed by atoms with Crippen molar-refractivity contribution in [1.82, 2.24) is 4.90 Å². The normalized spacial score (nSPS) is 16.8. The highest BCUT2D eigenvalue weighted by Gasteiger charge is 2.32. The Morgan fingerprint density at radius 2 is 2.08 bits per heavy atom. The lowest BCUT2D eigenvalue weighted by atomic mass is 10.1. The van der Waals surface area contributed by atoms with Crippen LogP contribution in [0.3, 0.4) is 0 Å². The van der Waals surface area contributed by atoms with E-state index >= 15 is 0 Å². The Bertz CT molecular complexity index is 814. The zero-order valence-electron chi connectivity index (χ0n) is 13.6. The number of halogens is 3. The van der Waals surface area contributed by atoms with Crippen LogP contribution in [-0.4, -0.2) is 18.4 Å². The Balaban J connectivity index is 1.84. The number of thioether (sulfide) groups is 1. The molecule has 1 aliphatic heterocycles.